The molecule has 0 saturated carbocycles. The van der Waals surface area contributed by atoms with Gasteiger partial charge in [0.1, 0.15) is 11.0 Å². The number of rotatable bonds is 3. The van der Waals surface area contributed by atoms with E-state index in [0.717, 1.165) is 0 Å². The number of nitrogens with one attached hydrogen (secondary N) is 1. The number of halogens is 3. The monoisotopic (exact) mass is 296 g/mol. The fourth-order valence-corrected chi connectivity index (χ4v) is 1.53. The van der Waals surface area contributed by atoms with Gasteiger partial charge in [0.05, 0.1) is 21.2 Å². The number of aliphatic hydroxyl groups is 1. The Balaban J connectivity index is 3.08. The van der Waals surface area contributed by atoms with Gasteiger partial charge in [0.2, 0.25) is 0 Å². The zero-order valence-electron chi connectivity index (χ0n) is 10.1. The zero-order chi connectivity index (χ0) is 13.4. The molecule has 0 fully saturated rings. The fourth-order valence-electron chi connectivity index (χ4n) is 0.981. The molecule has 1 aromatic rings. The molecule has 1 heterocycles. The van der Waals surface area contributed by atoms with E-state index in [1.54, 1.807) is 13.8 Å². The van der Waals surface area contributed by atoms with E-state index in [4.69, 9.17) is 34.8 Å². The van der Waals surface area contributed by atoms with E-state index >= 15 is 0 Å². The molecule has 6 heteroatoms. The van der Waals surface area contributed by atoms with Gasteiger partial charge < -0.3 is 10.4 Å². The van der Waals surface area contributed by atoms with Gasteiger partial charge >= 0.3 is 0 Å². The summed E-state index contributed by atoms with van der Waals surface area (Å²) in [7, 11) is 0. The molecule has 0 bridgehead atoms. The van der Waals surface area contributed by atoms with Gasteiger partial charge in [-0.25, -0.2) is 4.98 Å². The van der Waals surface area contributed by atoms with E-state index in [1.807, 2.05) is 13.8 Å². The number of nitrogens with zero attached hydrogens (tertiary/aromatic N) is 1. The highest BCUT2D eigenvalue weighted by Crippen LogP contribution is 2.32. The number of hydrogen-bond donors (Lipinski definition) is 2. The van der Waals surface area contributed by atoms with Gasteiger partial charge in [-0.05, 0) is 33.8 Å². The highest BCUT2D eigenvalue weighted by molar-refractivity contribution is 6.42. The average molecular weight is 298 g/mol. The maximum Gasteiger partial charge on any atom is 0.150 e. The third-order valence-electron chi connectivity index (χ3n) is 2.85. The van der Waals surface area contributed by atoms with Crippen molar-refractivity contribution in [3.05, 3.63) is 21.3 Å². The molecule has 0 aromatic carbocycles. The number of anilines is 1. The Morgan fingerprint density at radius 1 is 1.12 bits per heavy atom. The molecule has 0 radical (unpaired) electrons. The van der Waals surface area contributed by atoms with E-state index in [0.29, 0.717) is 15.9 Å². The van der Waals surface area contributed by atoms with Gasteiger partial charge in [0, 0.05) is 0 Å². The normalized spacial score (nSPS) is 12.7. The molecule has 0 aliphatic heterocycles. The second kappa shape index (κ2) is 4.81. The minimum atomic E-state index is -0.954. The lowest BCUT2D eigenvalue weighted by Gasteiger charge is -2.38. The predicted octanol–water partition coefficient (Wildman–Crippen LogP) is 4.00. The predicted molar refractivity (Wildman–Crippen MR) is 73.3 cm³/mol. The molecule has 96 valence electrons. The largest absolute Gasteiger partial charge is 0.388 e. The van der Waals surface area contributed by atoms with Crippen LogP contribution in [0.3, 0.4) is 0 Å². The summed E-state index contributed by atoms with van der Waals surface area (Å²) in [6.45, 7) is 7.08. The topological polar surface area (TPSA) is 45.1 Å². The van der Waals surface area contributed by atoms with Crippen LogP contribution < -0.4 is 5.32 Å². The molecule has 2 N–H and O–H groups in total. The van der Waals surface area contributed by atoms with Gasteiger partial charge in [0.25, 0.3) is 0 Å². The van der Waals surface area contributed by atoms with Gasteiger partial charge in [-0.15, -0.1) is 0 Å². The van der Waals surface area contributed by atoms with Gasteiger partial charge in [-0.2, -0.15) is 0 Å². The zero-order valence-corrected chi connectivity index (χ0v) is 12.4. The Kier molecular flexibility index (Phi) is 4.20. The van der Waals surface area contributed by atoms with Crippen LogP contribution in [0.2, 0.25) is 15.2 Å². The first-order chi connectivity index (χ1) is 7.54. The van der Waals surface area contributed by atoms with Crippen molar-refractivity contribution < 1.29 is 5.11 Å². The van der Waals surface area contributed by atoms with Crippen LogP contribution in [0.15, 0.2) is 6.07 Å². The Labute approximate surface area is 116 Å². The highest BCUT2D eigenvalue weighted by atomic mass is 35.5. The second-order valence-corrected chi connectivity index (χ2v) is 6.07. The molecule has 1 aromatic heterocycles. The molecule has 0 spiro atoms. The van der Waals surface area contributed by atoms with Gasteiger partial charge in [0.15, 0.2) is 0 Å². The minimum absolute atomic E-state index is 0.171. The molecule has 17 heavy (non-hydrogen) atoms. The molecule has 0 aliphatic rings. The number of hydrogen-bond acceptors (Lipinski definition) is 3. The molecule has 0 aliphatic carbocycles. The van der Waals surface area contributed by atoms with E-state index in [9.17, 15) is 5.11 Å². The van der Waals surface area contributed by atoms with Crippen LogP contribution in [0, 0.1) is 0 Å². The first-order valence-electron chi connectivity index (χ1n) is 5.07. The quantitative estimate of drug-likeness (QED) is 0.829. The summed E-state index contributed by atoms with van der Waals surface area (Å²) in [5, 5.41) is 13.9. The minimum Gasteiger partial charge on any atom is -0.388 e. The van der Waals surface area contributed by atoms with Crippen molar-refractivity contribution in [2.45, 2.75) is 38.8 Å². The summed E-state index contributed by atoms with van der Waals surface area (Å²) in [6.07, 6.45) is 0. The summed E-state index contributed by atoms with van der Waals surface area (Å²) in [5.41, 5.74) is -1.58. The summed E-state index contributed by atoms with van der Waals surface area (Å²) in [4.78, 5) is 4.05. The third kappa shape index (κ3) is 3.38. The first-order valence-corrected chi connectivity index (χ1v) is 6.20. The van der Waals surface area contributed by atoms with Crippen molar-refractivity contribution in [1.82, 2.24) is 4.98 Å². The molecule has 0 unspecified atom stereocenters. The van der Waals surface area contributed by atoms with Crippen LogP contribution >= 0.6 is 34.8 Å². The fraction of sp³-hybridized carbons (Fsp3) is 0.545. The Morgan fingerprint density at radius 3 is 2.12 bits per heavy atom. The maximum atomic E-state index is 10.0. The summed E-state index contributed by atoms with van der Waals surface area (Å²) in [6, 6.07) is 1.52. The molecule has 0 saturated heterocycles. The van der Waals surface area contributed by atoms with Crippen molar-refractivity contribution in [1.29, 1.82) is 0 Å². The maximum absolute atomic E-state index is 10.0. The van der Waals surface area contributed by atoms with E-state index in [1.165, 1.54) is 6.07 Å². The summed E-state index contributed by atoms with van der Waals surface area (Å²) < 4.78 is 0. The summed E-state index contributed by atoms with van der Waals surface area (Å²) in [5.74, 6) is 0.396. The van der Waals surface area contributed by atoms with E-state index in [2.05, 4.69) is 10.3 Å². The van der Waals surface area contributed by atoms with Crippen LogP contribution in [0.1, 0.15) is 27.7 Å². The molecular formula is C11H15Cl3N2O. The Bertz CT molecular complexity index is 427. The van der Waals surface area contributed by atoms with Crippen molar-refractivity contribution in [2.24, 2.45) is 0 Å². The highest BCUT2D eigenvalue weighted by Gasteiger charge is 2.35. The molecular weight excluding hydrogens is 282 g/mol. The van der Waals surface area contributed by atoms with Crippen LogP contribution in [0.25, 0.3) is 0 Å². The summed E-state index contributed by atoms with van der Waals surface area (Å²) >= 11 is 17.6. The Morgan fingerprint density at radius 2 is 1.65 bits per heavy atom. The van der Waals surface area contributed by atoms with Crippen molar-refractivity contribution in [3.63, 3.8) is 0 Å². The van der Waals surface area contributed by atoms with E-state index < -0.39 is 11.1 Å². The van der Waals surface area contributed by atoms with Crippen LogP contribution in [-0.4, -0.2) is 21.2 Å². The molecule has 0 amide bonds. The Hall–Kier alpha value is -0.220. The number of aromatic nitrogens is 1. The van der Waals surface area contributed by atoms with Gasteiger partial charge in [-0.3, -0.25) is 0 Å². The SMILES string of the molecule is CC(C)(O)C(C)(C)Nc1nc(Cl)c(Cl)cc1Cl. The van der Waals surface area contributed by atoms with Crippen molar-refractivity contribution in [2.75, 3.05) is 5.32 Å². The lowest BCUT2D eigenvalue weighted by molar-refractivity contribution is 0.0239. The van der Waals surface area contributed by atoms with Crippen LogP contribution in [0.5, 0.6) is 0 Å². The lowest BCUT2D eigenvalue weighted by atomic mass is 9.86. The smallest absolute Gasteiger partial charge is 0.150 e. The standard InChI is InChI=1S/C11H15Cl3N2O/c1-10(2,11(3,4)17)16-9-7(13)5-6(12)8(14)15-9/h5,17H,1-4H3,(H,15,16). The first kappa shape index (κ1) is 14.8. The van der Waals surface area contributed by atoms with E-state index in [-0.39, 0.29) is 5.15 Å². The molecule has 0 atom stereocenters. The van der Waals surface area contributed by atoms with Gasteiger partial charge in [-0.1, -0.05) is 34.8 Å². The van der Waals surface area contributed by atoms with Crippen LogP contribution in [0.4, 0.5) is 5.82 Å². The van der Waals surface area contributed by atoms with Crippen molar-refractivity contribution >= 4 is 40.6 Å². The van der Waals surface area contributed by atoms with Crippen LogP contribution in [-0.2, 0) is 0 Å². The molecule has 1 rings (SSSR count). The number of pyridine rings is 1. The molecule has 3 nitrogen and oxygen atoms in total. The van der Waals surface area contributed by atoms with Crippen molar-refractivity contribution in [3.8, 4) is 0 Å². The second-order valence-electron chi connectivity index (χ2n) is 4.90. The third-order valence-corrected chi connectivity index (χ3v) is 3.81. The lowest BCUT2D eigenvalue weighted by Crippen LogP contribution is -2.51. The average Bonchev–Trinajstić information content (AvgIpc) is 2.12.